The van der Waals surface area contributed by atoms with Crippen molar-refractivity contribution in [2.24, 2.45) is 5.73 Å². The summed E-state index contributed by atoms with van der Waals surface area (Å²) in [5.41, 5.74) is 7.54. The van der Waals surface area contributed by atoms with Crippen LogP contribution in [0.25, 0.3) is 0 Å². The van der Waals surface area contributed by atoms with Crippen LogP contribution in [0.2, 0.25) is 0 Å². The molecule has 0 aliphatic heterocycles. The summed E-state index contributed by atoms with van der Waals surface area (Å²) in [6.45, 7) is 0. The smallest absolute Gasteiger partial charge is 0.165 e. The topological polar surface area (TPSA) is 46.2 Å². The zero-order valence-corrected chi connectivity index (χ0v) is 6.55. The van der Waals surface area contributed by atoms with Gasteiger partial charge in [-0.2, -0.15) is 0 Å². The number of halogens is 1. The van der Waals surface area contributed by atoms with Crippen molar-refractivity contribution in [1.29, 1.82) is 0 Å². The molecule has 1 atom stereocenters. The van der Waals surface area contributed by atoms with Crippen molar-refractivity contribution in [3.8, 4) is 5.75 Å². The first-order valence-electron chi connectivity index (χ1n) is 3.95. The van der Waals surface area contributed by atoms with Gasteiger partial charge >= 0.3 is 0 Å². The maximum Gasteiger partial charge on any atom is 0.165 e. The summed E-state index contributed by atoms with van der Waals surface area (Å²) in [5, 5.41) is 9.07. The zero-order chi connectivity index (χ0) is 8.72. The van der Waals surface area contributed by atoms with Gasteiger partial charge in [0.2, 0.25) is 0 Å². The minimum absolute atomic E-state index is 0.0356. The fourth-order valence-electron chi connectivity index (χ4n) is 1.65. The lowest BCUT2D eigenvalue weighted by Crippen LogP contribution is -2.05. The van der Waals surface area contributed by atoms with Gasteiger partial charge in [-0.25, -0.2) is 4.39 Å². The van der Waals surface area contributed by atoms with Gasteiger partial charge in [0.25, 0.3) is 0 Å². The van der Waals surface area contributed by atoms with Crippen molar-refractivity contribution in [3.63, 3.8) is 0 Å². The molecule has 0 amide bonds. The Balaban J connectivity index is 2.56. The normalized spacial score (nSPS) is 21.0. The Bertz CT molecular complexity index is 325. The summed E-state index contributed by atoms with van der Waals surface area (Å²) in [4.78, 5) is 0. The maximum absolute atomic E-state index is 12.8. The number of phenols is 1. The average Bonchev–Trinajstić information content (AvgIpc) is 2.35. The maximum atomic E-state index is 12.8. The Hall–Kier alpha value is -1.09. The largest absolute Gasteiger partial charge is 0.505 e. The van der Waals surface area contributed by atoms with E-state index < -0.39 is 5.82 Å². The molecule has 3 N–H and O–H groups in total. The summed E-state index contributed by atoms with van der Waals surface area (Å²) in [7, 11) is 0. The first kappa shape index (κ1) is 7.55. The molecule has 0 radical (unpaired) electrons. The minimum atomic E-state index is -0.553. The third kappa shape index (κ3) is 0.975. The van der Waals surface area contributed by atoms with E-state index in [-0.39, 0.29) is 11.8 Å². The molecular weight excluding hydrogens is 157 g/mol. The lowest BCUT2D eigenvalue weighted by Gasteiger charge is -2.05. The summed E-state index contributed by atoms with van der Waals surface area (Å²) in [6, 6.07) is 2.77. The average molecular weight is 167 g/mol. The fourth-order valence-corrected chi connectivity index (χ4v) is 1.65. The Labute approximate surface area is 69.8 Å². The molecule has 0 aromatic heterocycles. The predicted molar refractivity (Wildman–Crippen MR) is 43.3 cm³/mol. The van der Waals surface area contributed by atoms with Crippen LogP contribution in [-0.2, 0) is 6.42 Å². The third-order valence-electron chi connectivity index (χ3n) is 2.33. The Morgan fingerprint density at radius 1 is 1.50 bits per heavy atom. The fraction of sp³-hybridized carbons (Fsp3) is 0.333. The molecule has 0 fully saturated rings. The lowest BCUT2D eigenvalue weighted by atomic mass is 10.1. The number of fused-ring (bicyclic) bond motifs is 1. The van der Waals surface area contributed by atoms with Crippen LogP contribution in [0.4, 0.5) is 4.39 Å². The van der Waals surface area contributed by atoms with Gasteiger partial charge in [0.05, 0.1) is 0 Å². The Morgan fingerprint density at radius 2 is 2.25 bits per heavy atom. The highest BCUT2D eigenvalue weighted by molar-refractivity contribution is 5.40. The first-order valence-corrected chi connectivity index (χ1v) is 3.95. The molecule has 0 saturated heterocycles. The van der Waals surface area contributed by atoms with E-state index in [2.05, 4.69) is 0 Å². The van der Waals surface area contributed by atoms with Crippen LogP contribution in [0.3, 0.4) is 0 Å². The van der Waals surface area contributed by atoms with Gasteiger partial charge in [-0.3, -0.25) is 0 Å². The Kier molecular flexibility index (Phi) is 1.54. The standard InChI is InChI=1S/C9H10FNO/c10-7-3-5-1-2-8(11)6(5)4-9(7)12/h3-4,8,12H,1-2,11H2/t8-/m1/s1. The van der Waals surface area contributed by atoms with Gasteiger partial charge < -0.3 is 10.8 Å². The molecule has 64 valence electrons. The number of aromatic hydroxyl groups is 1. The highest BCUT2D eigenvalue weighted by Gasteiger charge is 2.20. The third-order valence-corrected chi connectivity index (χ3v) is 2.33. The molecule has 0 unspecified atom stereocenters. The highest BCUT2D eigenvalue weighted by Crippen LogP contribution is 2.33. The Morgan fingerprint density at radius 3 is 3.00 bits per heavy atom. The van der Waals surface area contributed by atoms with E-state index in [9.17, 15) is 4.39 Å². The molecule has 0 saturated carbocycles. The molecule has 0 spiro atoms. The van der Waals surface area contributed by atoms with Crippen molar-refractivity contribution in [3.05, 3.63) is 29.1 Å². The summed E-state index contributed by atoms with van der Waals surface area (Å²) in [6.07, 6.45) is 1.66. The van der Waals surface area contributed by atoms with Crippen LogP contribution in [0.15, 0.2) is 12.1 Å². The van der Waals surface area contributed by atoms with Crippen LogP contribution in [0.5, 0.6) is 5.75 Å². The van der Waals surface area contributed by atoms with Crippen LogP contribution in [-0.4, -0.2) is 5.11 Å². The van der Waals surface area contributed by atoms with Crippen molar-refractivity contribution in [2.75, 3.05) is 0 Å². The molecule has 1 aliphatic carbocycles. The molecule has 1 aromatic rings. The van der Waals surface area contributed by atoms with Crippen LogP contribution >= 0.6 is 0 Å². The zero-order valence-electron chi connectivity index (χ0n) is 6.55. The molecule has 0 heterocycles. The highest BCUT2D eigenvalue weighted by atomic mass is 19.1. The summed E-state index contributed by atoms with van der Waals surface area (Å²) in [5.74, 6) is -0.853. The molecule has 2 rings (SSSR count). The van der Waals surface area contributed by atoms with Crippen LogP contribution < -0.4 is 5.73 Å². The van der Waals surface area contributed by atoms with Crippen molar-refractivity contribution < 1.29 is 9.50 Å². The lowest BCUT2D eigenvalue weighted by molar-refractivity contribution is 0.431. The number of hydrogen-bond donors (Lipinski definition) is 2. The summed E-state index contributed by atoms with van der Waals surface area (Å²) < 4.78 is 12.8. The van der Waals surface area contributed by atoms with E-state index >= 15 is 0 Å². The van der Waals surface area contributed by atoms with Gasteiger partial charge in [-0.05, 0) is 36.1 Å². The van der Waals surface area contributed by atoms with Gasteiger partial charge in [-0.15, -0.1) is 0 Å². The van der Waals surface area contributed by atoms with Gasteiger partial charge in [-0.1, -0.05) is 0 Å². The number of nitrogens with two attached hydrogens (primary N) is 1. The molecular formula is C9H10FNO. The monoisotopic (exact) mass is 167 g/mol. The molecule has 2 nitrogen and oxygen atoms in total. The molecule has 1 aromatic carbocycles. The second-order valence-corrected chi connectivity index (χ2v) is 3.15. The predicted octanol–water partition coefficient (Wildman–Crippen LogP) is 1.48. The number of aryl methyl sites for hydroxylation is 1. The van der Waals surface area contributed by atoms with Crippen molar-refractivity contribution >= 4 is 0 Å². The number of rotatable bonds is 0. The van der Waals surface area contributed by atoms with E-state index in [1.165, 1.54) is 12.1 Å². The number of phenolic OH excluding ortho intramolecular Hbond substituents is 1. The molecule has 12 heavy (non-hydrogen) atoms. The van der Waals surface area contributed by atoms with Gasteiger partial charge in [0.15, 0.2) is 11.6 Å². The number of benzene rings is 1. The second kappa shape index (κ2) is 2.45. The van der Waals surface area contributed by atoms with E-state index in [4.69, 9.17) is 10.8 Å². The van der Waals surface area contributed by atoms with Crippen molar-refractivity contribution in [1.82, 2.24) is 0 Å². The van der Waals surface area contributed by atoms with E-state index in [1.54, 1.807) is 0 Å². The van der Waals surface area contributed by atoms with Gasteiger partial charge in [0.1, 0.15) is 0 Å². The van der Waals surface area contributed by atoms with E-state index in [0.29, 0.717) is 0 Å². The quantitative estimate of drug-likeness (QED) is 0.614. The summed E-state index contributed by atoms with van der Waals surface area (Å²) >= 11 is 0. The number of hydrogen-bond acceptors (Lipinski definition) is 2. The van der Waals surface area contributed by atoms with E-state index in [1.807, 2.05) is 0 Å². The van der Waals surface area contributed by atoms with Gasteiger partial charge in [0, 0.05) is 6.04 Å². The van der Waals surface area contributed by atoms with Crippen LogP contribution in [0.1, 0.15) is 23.6 Å². The molecule has 1 aliphatic rings. The van der Waals surface area contributed by atoms with Crippen LogP contribution in [0, 0.1) is 5.82 Å². The molecule has 3 heteroatoms. The first-order chi connectivity index (χ1) is 5.68. The minimum Gasteiger partial charge on any atom is -0.505 e. The van der Waals surface area contributed by atoms with Crippen molar-refractivity contribution in [2.45, 2.75) is 18.9 Å². The second-order valence-electron chi connectivity index (χ2n) is 3.15. The SMILES string of the molecule is N[C@@H]1CCc2cc(F)c(O)cc21. The molecule has 0 bridgehead atoms. The van der Waals surface area contributed by atoms with E-state index in [0.717, 1.165) is 24.0 Å².